The lowest BCUT2D eigenvalue weighted by Gasteiger charge is -2.21. The normalized spacial score (nSPS) is 22.0. The summed E-state index contributed by atoms with van der Waals surface area (Å²) in [7, 11) is 1.73. The van der Waals surface area contributed by atoms with E-state index >= 15 is 0 Å². The summed E-state index contributed by atoms with van der Waals surface area (Å²) in [4.78, 5) is 25.9. The summed E-state index contributed by atoms with van der Waals surface area (Å²) in [5.74, 6) is -1.72. The maximum atomic E-state index is 12.6. The minimum absolute atomic E-state index is 0.201. The second kappa shape index (κ2) is 9.38. The fourth-order valence-electron chi connectivity index (χ4n) is 3.61. The van der Waals surface area contributed by atoms with Crippen LogP contribution in [0.5, 0.6) is 0 Å². The first kappa shape index (κ1) is 22.2. The highest BCUT2D eigenvalue weighted by Crippen LogP contribution is 2.32. The van der Waals surface area contributed by atoms with Crippen molar-refractivity contribution in [3.63, 3.8) is 0 Å². The van der Waals surface area contributed by atoms with Crippen LogP contribution in [0.3, 0.4) is 0 Å². The van der Waals surface area contributed by atoms with Gasteiger partial charge in [-0.1, -0.05) is 29.8 Å². The van der Waals surface area contributed by atoms with Crippen molar-refractivity contribution in [3.05, 3.63) is 35.4 Å². The molecule has 0 aromatic heterocycles. The first-order chi connectivity index (χ1) is 13.1. The molecule has 2 aliphatic heterocycles. The van der Waals surface area contributed by atoms with Crippen LogP contribution in [-0.2, 0) is 20.9 Å². The van der Waals surface area contributed by atoms with Crippen LogP contribution in [-0.4, -0.2) is 72.9 Å². The fourth-order valence-corrected chi connectivity index (χ4v) is 3.61. The molecule has 2 atom stereocenters. The van der Waals surface area contributed by atoms with Gasteiger partial charge >= 0.3 is 12.1 Å². The zero-order valence-corrected chi connectivity index (χ0v) is 15.9. The smallest absolute Gasteiger partial charge is 0.475 e. The Morgan fingerprint density at radius 3 is 2.50 bits per heavy atom. The molecule has 0 radical (unpaired) electrons. The van der Waals surface area contributed by atoms with E-state index in [4.69, 9.17) is 14.6 Å². The predicted molar refractivity (Wildman–Crippen MR) is 95.6 cm³/mol. The maximum Gasteiger partial charge on any atom is 0.490 e. The number of hydrogen-bond donors (Lipinski definition) is 1. The van der Waals surface area contributed by atoms with Gasteiger partial charge in [0.2, 0.25) is 5.91 Å². The molecule has 156 valence electrons. The molecule has 1 aromatic rings. The quantitative estimate of drug-likeness (QED) is 0.818. The van der Waals surface area contributed by atoms with Crippen molar-refractivity contribution in [3.8, 4) is 0 Å². The molecule has 0 aliphatic carbocycles. The highest BCUT2D eigenvalue weighted by Gasteiger charge is 2.45. The number of aliphatic carboxylic acids is 1. The molecule has 2 fully saturated rings. The molecule has 28 heavy (non-hydrogen) atoms. The molecule has 9 heteroatoms. The first-order valence-electron chi connectivity index (χ1n) is 8.97. The Labute approximate surface area is 161 Å². The van der Waals surface area contributed by atoms with Gasteiger partial charge in [-0.05, 0) is 12.5 Å². The van der Waals surface area contributed by atoms with Crippen LogP contribution >= 0.6 is 0 Å². The minimum Gasteiger partial charge on any atom is -0.475 e. The third-order valence-corrected chi connectivity index (χ3v) is 4.91. The Hall–Kier alpha value is -2.13. The third kappa shape index (κ3) is 5.93. The second-order valence-corrected chi connectivity index (χ2v) is 7.13. The number of likely N-dealkylation sites (tertiary alicyclic amines) is 2. The number of nitrogens with zero attached hydrogens (tertiary/aromatic N) is 2. The molecule has 0 unspecified atom stereocenters. The van der Waals surface area contributed by atoms with Crippen LogP contribution in [0.2, 0.25) is 0 Å². The number of hydrogen-bond acceptors (Lipinski definition) is 4. The van der Waals surface area contributed by atoms with Crippen LogP contribution in [0.25, 0.3) is 0 Å². The molecule has 2 saturated heterocycles. The number of amides is 1. The van der Waals surface area contributed by atoms with Gasteiger partial charge in [0.1, 0.15) is 0 Å². The number of halogens is 3. The molecule has 3 rings (SSSR count). The van der Waals surface area contributed by atoms with Gasteiger partial charge in [0.25, 0.3) is 0 Å². The van der Waals surface area contributed by atoms with E-state index in [9.17, 15) is 18.0 Å². The summed E-state index contributed by atoms with van der Waals surface area (Å²) in [6, 6.07) is 8.45. The molecule has 1 amide bonds. The monoisotopic (exact) mass is 402 g/mol. The van der Waals surface area contributed by atoms with Crippen molar-refractivity contribution in [2.75, 3.05) is 39.9 Å². The van der Waals surface area contributed by atoms with Crippen LogP contribution in [0.4, 0.5) is 13.2 Å². The predicted octanol–water partition coefficient (Wildman–Crippen LogP) is 2.16. The lowest BCUT2D eigenvalue weighted by atomic mass is 10.0. The van der Waals surface area contributed by atoms with Crippen molar-refractivity contribution in [2.45, 2.75) is 19.6 Å². The topological polar surface area (TPSA) is 70.1 Å². The molecule has 2 aliphatic rings. The number of carboxylic acid groups (broad SMARTS) is 1. The number of carbonyl (C=O) groups is 2. The summed E-state index contributed by atoms with van der Waals surface area (Å²) in [6.45, 7) is 7.38. The zero-order chi connectivity index (χ0) is 20.9. The summed E-state index contributed by atoms with van der Waals surface area (Å²) in [5.41, 5.74) is 2.49. The van der Waals surface area contributed by atoms with Crippen molar-refractivity contribution in [2.24, 2.45) is 11.8 Å². The van der Waals surface area contributed by atoms with Crippen molar-refractivity contribution in [1.29, 1.82) is 0 Å². The number of ether oxygens (including phenoxy) is 1. The lowest BCUT2D eigenvalue weighted by molar-refractivity contribution is -0.192. The maximum absolute atomic E-state index is 12.6. The average molecular weight is 402 g/mol. The van der Waals surface area contributed by atoms with Crippen LogP contribution in [0.15, 0.2) is 24.3 Å². The fraction of sp³-hybridized carbons (Fsp3) is 0.579. The summed E-state index contributed by atoms with van der Waals surface area (Å²) >= 11 is 0. The number of rotatable bonds is 5. The van der Waals surface area contributed by atoms with E-state index < -0.39 is 12.1 Å². The highest BCUT2D eigenvalue weighted by atomic mass is 19.4. The first-order valence-corrected chi connectivity index (χ1v) is 8.97. The number of alkyl halides is 3. The van der Waals surface area contributed by atoms with Gasteiger partial charge in [-0.15, -0.1) is 0 Å². The molecular formula is C19H25F3N2O4. The van der Waals surface area contributed by atoms with Gasteiger partial charge in [-0.3, -0.25) is 9.69 Å². The third-order valence-electron chi connectivity index (χ3n) is 4.91. The molecule has 1 aromatic carbocycles. The molecular weight excluding hydrogens is 377 g/mol. The van der Waals surface area contributed by atoms with Crippen LogP contribution in [0.1, 0.15) is 11.1 Å². The van der Waals surface area contributed by atoms with Gasteiger partial charge in [0.05, 0.1) is 12.5 Å². The summed E-state index contributed by atoms with van der Waals surface area (Å²) in [5, 5.41) is 7.12. The number of fused-ring (bicyclic) bond motifs is 1. The van der Waals surface area contributed by atoms with Crippen molar-refractivity contribution >= 4 is 11.9 Å². The van der Waals surface area contributed by atoms with Gasteiger partial charge in [0, 0.05) is 45.8 Å². The van der Waals surface area contributed by atoms with E-state index in [1.807, 2.05) is 4.90 Å². The Morgan fingerprint density at radius 2 is 1.96 bits per heavy atom. The van der Waals surface area contributed by atoms with Crippen LogP contribution < -0.4 is 0 Å². The molecule has 0 saturated carbocycles. The van der Waals surface area contributed by atoms with Crippen LogP contribution in [0, 0.1) is 18.8 Å². The Morgan fingerprint density at radius 1 is 1.29 bits per heavy atom. The molecule has 0 spiro atoms. The highest BCUT2D eigenvalue weighted by molar-refractivity contribution is 5.82. The number of carboxylic acids is 1. The van der Waals surface area contributed by atoms with E-state index in [2.05, 4.69) is 36.1 Å². The van der Waals surface area contributed by atoms with Crippen molar-refractivity contribution < 1.29 is 32.6 Å². The SMILES string of the molecule is COCCN1C[C@H]2CN(Cc3cccc(C)c3)C(=O)[C@H]2C1.O=C(O)C(F)(F)F. The zero-order valence-electron chi connectivity index (χ0n) is 15.9. The average Bonchev–Trinajstić information content (AvgIpc) is 3.12. The van der Waals surface area contributed by atoms with E-state index in [0.717, 1.165) is 39.3 Å². The van der Waals surface area contributed by atoms with Crippen molar-refractivity contribution in [1.82, 2.24) is 9.80 Å². The van der Waals surface area contributed by atoms with E-state index in [0.29, 0.717) is 11.8 Å². The number of benzene rings is 1. The summed E-state index contributed by atoms with van der Waals surface area (Å²) in [6.07, 6.45) is -5.08. The lowest BCUT2D eigenvalue weighted by Crippen LogP contribution is -2.33. The number of methoxy groups -OCH3 is 1. The molecule has 1 N–H and O–H groups in total. The number of carbonyl (C=O) groups excluding carboxylic acids is 1. The van der Waals surface area contributed by atoms with Gasteiger partial charge in [-0.25, -0.2) is 4.79 Å². The van der Waals surface area contributed by atoms with Gasteiger partial charge < -0.3 is 14.7 Å². The largest absolute Gasteiger partial charge is 0.490 e. The molecule has 0 bridgehead atoms. The summed E-state index contributed by atoms with van der Waals surface area (Å²) < 4.78 is 36.9. The Kier molecular flexibility index (Phi) is 7.42. The molecule has 6 nitrogen and oxygen atoms in total. The second-order valence-electron chi connectivity index (χ2n) is 7.13. The Bertz CT molecular complexity index is 696. The van der Waals surface area contributed by atoms with E-state index in [1.54, 1.807) is 7.11 Å². The van der Waals surface area contributed by atoms with E-state index in [1.165, 1.54) is 11.1 Å². The Balaban J connectivity index is 0.000000345. The molecule has 2 heterocycles. The standard InChI is InChI=1S/C17H24N2O2.C2HF3O2/c1-13-4-3-5-14(8-13)9-19-11-15-10-18(6-7-21-2)12-16(15)17(19)20;3-2(4,5)1(6)7/h3-5,8,15-16H,6-7,9-12H2,1-2H3;(H,6,7)/t15-,16-;/m0./s1. The van der Waals surface area contributed by atoms with Gasteiger partial charge in [0.15, 0.2) is 0 Å². The van der Waals surface area contributed by atoms with Gasteiger partial charge in [-0.2, -0.15) is 13.2 Å². The van der Waals surface area contributed by atoms with E-state index in [-0.39, 0.29) is 5.92 Å². The number of aryl methyl sites for hydroxylation is 1. The minimum atomic E-state index is -5.08.